The molecule has 152 valence electrons. The lowest BCUT2D eigenvalue weighted by atomic mass is 9.89. The molecule has 3 heteroatoms. The fraction of sp³-hybridized carbons (Fsp3) is 0.308. The molecule has 2 atom stereocenters. The predicted octanol–water partition coefficient (Wildman–Crippen LogP) is 6.06. The summed E-state index contributed by atoms with van der Waals surface area (Å²) < 4.78 is 0. The van der Waals surface area contributed by atoms with Gasteiger partial charge in [0.2, 0.25) is 0 Å². The Morgan fingerprint density at radius 1 is 0.862 bits per heavy atom. The van der Waals surface area contributed by atoms with Crippen LogP contribution in [0.15, 0.2) is 72.8 Å². The van der Waals surface area contributed by atoms with Gasteiger partial charge in [0.1, 0.15) is 5.75 Å². The van der Waals surface area contributed by atoms with Gasteiger partial charge in [0.15, 0.2) is 0 Å². The van der Waals surface area contributed by atoms with Crippen LogP contribution in [0.3, 0.4) is 0 Å². The molecule has 0 saturated carbocycles. The summed E-state index contributed by atoms with van der Waals surface area (Å²) in [6.45, 7) is 6.22. The summed E-state index contributed by atoms with van der Waals surface area (Å²) in [5.41, 5.74) is 4.17. The van der Waals surface area contributed by atoms with Gasteiger partial charge in [0.05, 0.1) is 6.10 Å². The van der Waals surface area contributed by atoms with Crippen LogP contribution in [-0.2, 0) is 11.6 Å². The lowest BCUT2D eigenvalue weighted by molar-refractivity contribution is 0.200. The number of rotatable bonds is 8. The Hall–Kier alpha value is -2.15. The second-order valence-corrected chi connectivity index (χ2v) is 9.40. The first-order valence-corrected chi connectivity index (χ1v) is 11.4. The molecule has 0 saturated heterocycles. The minimum Gasteiger partial charge on any atom is -0.507 e. The molecule has 29 heavy (non-hydrogen) atoms. The fourth-order valence-electron chi connectivity index (χ4n) is 4.04. The van der Waals surface area contributed by atoms with Crippen molar-refractivity contribution in [3.8, 4) is 5.75 Å². The van der Waals surface area contributed by atoms with Crippen molar-refractivity contribution >= 4 is 13.9 Å². The maximum atomic E-state index is 11.3. The highest BCUT2D eigenvalue weighted by Gasteiger charge is 2.33. The molecule has 0 fully saturated rings. The van der Waals surface area contributed by atoms with Gasteiger partial charge in [-0.1, -0.05) is 95.2 Å². The summed E-state index contributed by atoms with van der Waals surface area (Å²) in [5.74, 6) is 0.419. The van der Waals surface area contributed by atoms with Crippen LogP contribution in [-0.4, -0.2) is 10.2 Å². The third-order valence-electron chi connectivity index (χ3n) is 5.86. The lowest BCUT2D eigenvalue weighted by Crippen LogP contribution is -2.24. The monoisotopic (exact) mass is 406 g/mol. The van der Waals surface area contributed by atoms with Gasteiger partial charge in [0, 0.05) is 17.1 Å². The van der Waals surface area contributed by atoms with Gasteiger partial charge in [-0.2, -0.15) is 0 Å². The number of hydrogen-bond acceptors (Lipinski definition) is 2. The van der Waals surface area contributed by atoms with E-state index in [1.807, 2.05) is 49.4 Å². The average molecular weight is 407 g/mol. The van der Waals surface area contributed by atoms with E-state index in [-0.39, 0.29) is 5.16 Å². The number of benzene rings is 3. The van der Waals surface area contributed by atoms with Crippen LogP contribution in [0.4, 0.5) is 0 Å². The van der Waals surface area contributed by atoms with Gasteiger partial charge >= 0.3 is 0 Å². The zero-order valence-electron chi connectivity index (χ0n) is 17.5. The molecule has 3 aromatic carbocycles. The maximum absolute atomic E-state index is 11.3. The Balaban J connectivity index is 2.02. The van der Waals surface area contributed by atoms with Crippen molar-refractivity contribution in [2.24, 2.45) is 0 Å². The maximum Gasteiger partial charge on any atom is 0.123 e. The average Bonchev–Trinajstić information content (AvgIpc) is 2.75. The van der Waals surface area contributed by atoms with Crippen molar-refractivity contribution in [3.63, 3.8) is 0 Å². The minimum absolute atomic E-state index is 0.151. The summed E-state index contributed by atoms with van der Waals surface area (Å²) in [7, 11) is 0.476. The standard InChI is InChI=1S/C26H31O2P/c1-4-26(5-2,29-24-17-10-9-15-22(24)19(3)27)23-16-11-14-21(25(23)28)18-20-12-7-6-8-13-20/h6-17,19,27-29H,4-5,18H2,1-3H3. The molecule has 0 aromatic heterocycles. The SMILES string of the molecule is CCC(CC)(Pc1ccccc1C(C)O)c1cccc(Cc2ccccc2)c1O. The first-order chi connectivity index (χ1) is 14.0. The van der Waals surface area contributed by atoms with Gasteiger partial charge in [-0.05, 0) is 41.8 Å². The second kappa shape index (κ2) is 9.57. The van der Waals surface area contributed by atoms with Crippen molar-refractivity contribution < 1.29 is 10.2 Å². The Labute approximate surface area is 176 Å². The van der Waals surface area contributed by atoms with Crippen LogP contribution in [0, 0.1) is 0 Å². The Morgan fingerprint density at radius 3 is 2.17 bits per heavy atom. The molecule has 3 rings (SSSR count). The van der Waals surface area contributed by atoms with Crippen molar-refractivity contribution in [2.45, 2.75) is 51.3 Å². The van der Waals surface area contributed by atoms with Crippen LogP contribution in [0.1, 0.15) is 62.0 Å². The third kappa shape index (κ3) is 4.71. The lowest BCUT2D eigenvalue weighted by Gasteiger charge is -2.34. The van der Waals surface area contributed by atoms with Crippen molar-refractivity contribution in [3.05, 3.63) is 95.1 Å². The minimum atomic E-state index is -0.497. The second-order valence-electron chi connectivity index (χ2n) is 7.65. The van der Waals surface area contributed by atoms with E-state index in [2.05, 4.69) is 44.2 Å². The van der Waals surface area contributed by atoms with Gasteiger partial charge in [-0.3, -0.25) is 0 Å². The molecule has 0 aliphatic carbocycles. The fourth-order valence-corrected chi connectivity index (χ4v) is 5.87. The number of aliphatic hydroxyl groups is 1. The number of para-hydroxylation sites is 1. The van der Waals surface area contributed by atoms with E-state index in [9.17, 15) is 10.2 Å². The van der Waals surface area contributed by atoms with Gasteiger partial charge in [-0.25, -0.2) is 0 Å². The molecule has 3 aromatic rings. The largest absolute Gasteiger partial charge is 0.507 e. The van der Waals surface area contributed by atoms with Gasteiger partial charge in [-0.15, -0.1) is 0 Å². The predicted molar refractivity (Wildman–Crippen MR) is 125 cm³/mol. The number of phenolic OH excluding ortho intramolecular Hbond substituents is 1. The summed E-state index contributed by atoms with van der Waals surface area (Å²) in [4.78, 5) is 0. The first-order valence-electron chi connectivity index (χ1n) is 10.4. The van der Waals surface area contributed by atoms with Gasteiger partial charge in [0.25, 0.3) is 0 Å². The van der Waals surface area contributed by atoms with Crippen LogP contribution in [0.5, 0.6) is 5.75 Å². The number of aliphatic hydroxyl groups excluding tert-OH is 1. The van der Waals surface area contributed by atoms with Gasteiger partial charge < -0.3 is 10.2 Å². The molecule has 0 aliphatic heterocycles. The number of phenols is 1. The molecular formula is C26H31O2P. The highest BCUT2D eigenvalue weighted by molar-refractivity contribution is 7.48. The van der Waals surface area contributed by atoms with Crippen LogP contribution < -0.4 is 5.30 Å². The number of aromatic hydroxyl groups is 1. The Kier molecular flexibility index (Phi) is 7.11. The number of hydrogen-bond donors (Lipinski definition) is 2. The quantitative estimate of drug-likeness (QED) is 0.447. The summed E-state index contributed by atoms with van der Waals surface area (Å²) in [6.07, 6.45) is 2.08. The topological polar surface area (TPSA) is 40.5 Å². The summed E-state index contributed by atoms with van der Waals surface area (Å²) >= 11 is 0. The van der Waals surface area contributed by atoms with Crippen molar-refractivity contribution in [1.82, 2.24) is 0 Å². The van der Waals surface area contributed by atoms with Crippen LogP contribution >= 0.6 is 8.58 Å². The molecule has 2 unspecified atom stereocenters. The van der Waals surface area contributed by atoms with Crippen LogP contribution in [0.25, 0.3) is 0 Å². The highest BCUT2D eigenvalue weighted by atomic mass is 31.1. The molecular weight excluding hydrogens is 375 g/mol. The van der Waals surface area contributed by atoms with E-state index in [1.54, 1.807) is 0 Å². The zero-order chi connectivity index (χ0) is 20.9. The van der Waals surface area contributed by atoms with E-state index in [0.29, 0.717) is 14.3 Å². The van der Waals surface area contributed by atoms with Crippen molar-refractivity contribution in [1.29, 1.82) is 0 Å². The first kappa shape index (κ1) is 21.6. The molecule has 2 nitrogen and oxygen atoms in total. The molecule has 0 amide bonds. The molecule has 0 spiro atoms. The zero-order valence-corrected chi connectivity index (χ0v) is 18.5. The van der Waals surface area contributed by atoms with E-state index < -0.39 is 6.10 Å². The normalized spacial score (nSPS) is 13.1. The smallest absolute Gasteiger partial charge is 0.123 e. The highest BCUT2D eigenvalue weighted by Crippen LogP contribution is 2.51. The Bertz CT molecular complexity index is 930. The van der Waals surface area contributed by atoms with E-state index in [0.717, 1.165) is 36.0 Å². The van der Waals surface area contributed by atoms with Crippen LogP contribution in [0.2, 0.25) is 0 Å². The molecule has 0 bridgehead atoms. The third-order valence-corrected chi connectivity index (χ3v) is 8.04. The van der Waals surface area contributed by atoms with E-state index >= 15 is 0 Å². The molecule has 2 N–H and O–H groups in total. The Morgan fingerprint density at radius 2 is 1.52 bits per heavy atom. The van der Waals surface area contributed by atoms with E-state index in [4.69, 9.17) is 0 Å². The molecule has 0 heterocycles. The summed E-state index contributed by atoms with van der Waals surface area (Å²) in [5, 5.41) is 22.5. The van der Waals surface area contributed by atoms with E-state index in [1.165, 1.54) is 10.9 Å². The molecule has 0 aliphatic rings. The molecule has 0 radical (unpaired) electrons. The summed E-state index contributed by atoms with van der Waals surface area (Å²) in [6, 6.07) is 24.6. The van der Waals surface area contributed by atoms with Crippen molar-refractivity contribution in [2.75, 3.05) is 0 Å².